The summed E-state index contributed by atoms with van der Waals surface area (Å²) in [5.41, 5.74) is 12.8. The van der Waals surface area contributed by atoms with Gasteiger partial charge in [-0.3, -0.25) is 14.6 Å². The predicted molar refractivity (Wildman–Crippen MR) is 144 cm³/mol. The molecule has 1 saturated heterocycles. The van der Waals surface area contributed by atoms with Gasteiger partial charge >= 0.3 is 0 Å². The number of rotatable bonds is 7. The molecular formula is C26H34ClF2N7O2. The Morgan fingerprint density at radius 2 is 2.00 bits per heavy atom. The summed E-state index contributed by atoms with van der Waals surface area (Å²) in [6.07, 6.45) is -1.79. The molecule has 12 heteroatoms. The Balaban J connectivity index is 1.87. The Morgan fingerprint density at radius 3 is 2.58 bits per heavy atom. The molecule has 3 rings (SSSR count). The van der Waals surface area contributed by atoms with Gasteiger partial charge in [-0.1, -0.05) is 45.9 Å². The zero-order valence-electron chi connectivity index (χ0n) is 22.2. The smallest absolute Gasteiger partial charge is 0.282 e. The summed E-state index contributed by atoms with van der Waals surface area (Å²) < 4.78 is 29.1. The van der Waals surface area contributed by atoms with Crippen LogP contribution in [-0.2, 0) is 23.8 Å². The van der Waals surface area contributed by atoms with Gasteiger partial charge < -0.3 is 26.3 Å². The number of imidazole rings is 1. The van der Waals surface area contributed by atoms with Crippen LogP contribution in [-0.4, -0.2) is 51.2 Å². The fraction of sp³-hybridized carbons (Fsp3) is 0.462. The van der Waals surface area contributed by atoms with Crippen molar-refractivity contribution in [3.8, 4) is 0 Å². The lowest BCUT2D eigenvalue weighted by Gasteiger charge is -2.22. The highest BCUT2D eigenvalue weighted by atomic mass is 35.5. The van der Waals surface area contributed by atoms with E-state index in [2.05, 4.69) is 21.9 Å². The van der Waals surface area contributed by atoms with E-state index >= 15 is 0 Å². The molecule has 0 radical (unpaired) electrons. The summed E-state index contributed by atoms with van der Waals surface area (Å²) in [4.78, 5) is 34.9. The molecule has 0 bridgehead atoms. The largest absolute Gasteiger partial charge is 0.398 e. The minimum atomic E-state index is -2.99. The van der Waals surface area contributed by atoms with E-state index in [-0.39, 0.29) is 47.7 Å². The molecule has 0 spiro atoms. The van der Waals surface area contributed by atoms with Crippen LogP contribution in [0.25, 0.3) is 0 Å². The van der Waals surface area contributed by atoms with Gasteiger partial charge in [0.05, 0.1) is 12.6 Å². The number of anilines is 1. The van der Waals surface area contributed by atoms with Gasteiger partial charge in [0.2, 0.25) is 5.91 Å². The third-order valence-corrected chi connectivity index (χ3v) is 6.98. The Morgan fingerprint density at radius 1 is 1.34 bits per heavy atom. The summed E-state index contributed by atoms with van der Waals surface area (Å²) in [5, 5.41) is 3.28. The minimum absolute atomic E-state index is 0.0715. The van der Waals surface area contributed by atoms with Crippen molar-refractivity contribution >= 4 is 34.9 Å². The number of halogens is 3. The summed E-state index contributed by atoms with van der Waals surface area (Å²) in [6, 6.07) is 2.96. The molecule has 0 unspecified atom stereocenters. The fourth-order valence-electron chi connectivity index (χ4n) is 4.46. The van der Waals surface area contributed by atoms with Crippen LogP contribution in [0.2, 0.25) is 5.02 Å². The van der Waals surface area contributed by atoms with Gasteiger partial charge in [0.1, 0.15) is 23.0 Å². The van der Waals surface area contributed by atoms with Crippen LogP contribution in [0.1, 0.15) is 67.3 Å². The van der Waals surface area contributed by atoms with E-state index in [0.29, 0.717) is 22.8 Å². The number of likely N-dealkylation sites (tertiary alicyclic amines) is 1. The van der Waals surface area contributed by atoms with Gasteiger partial charge in [0.25, 0.3) is 12.3 Å². The van der Waals surface area contributed by atoms with Gasteiger partial charge in [-0.2, -0.15) is 0 Å². The van der Waals surface area contributed by atoms with Crippen molar-refractivity contribution in [2.75, 3.05) is 18.8 Å². The first-order chi connectivity index (χ1) is 17.6. The van der Waals surface area contributed by atoms with Crippen molar-refractivity contribution in [3.63, 3.8) is 0 Å². The van der Waals surface area contributed by atoms with Crippen LogP contribution in [0, 0.1) is 5.92 Å². The molecule has 2 atom stereocenters. The molecule has 2 aromatic rings. The first-order valence-corrected chi connectivity index (χ1v) is 12.5. The number of nitrogens with two attached hydrogens (primary N) is 2. The number of nitrogens with one attached hydrogen (secondary N) is 1. The number of nitrogen functional groups attached to an aromatic ring is 1. The Kier molecular flexibility index (Phi) is 8.50. The van der Waals surface area contributed by atoms with Crippen LogP contribution in [0.4, 0.5) is 14.5 Å². The molecule has 2 amide bonds. The van der Waals surface area contributed by atoms with Crippen molar-refractivity contribution < 1.29 is 18.4 Å². The summed E-state index contributed by atoms with van der Waals surface area (Å²) in [5.74, 6) is -0.821. The lowest BCUT2D eigenvalue weighted by Crippen LogP contribution is -2.41. The number of carbonyl (C=O) groups is 2. The summed E-state index contributed by atoms with van der Waals surface area (Å²) in [7, 11) is 1.47. The summed E-state index contributed by atoms with van der Waals surface area (Å²) in [6.45, 7) is 11.8. The molecule has 1 aromatic heterocycles. The topological polar surface area (TPSA) is 132 Å². The molecule has 1 fully saturated rings. The molecule has 0 aliphatic carbocycles. The normalized spacial score (nSPS) is 18.2. The second kappa shape index (κ2) is 11.1. The van der Waals surface area contributed by atoms with Crippen LogP contribution >= 0.6 is 11.6 Å². The van der Waals surface area contributed by atoms with Crippen molar-refractivity contribution in [2.45, 2.75) is 52.1 Å². The standard InChI is InChI=1S/C26H34ClF2N7O2/c1-7-20(37)36-11-13(2)18(12-36)33-25(38)22-21(23(28)29)34-19(35(22)6)10-32-24(31)14-8-15(26(3,4)5)16(27)9-17(14)30/h7-9,13,18,23H,1,10-12,30H2,2-6H3,(H2,31,32)(H,33,38)/t13-,18+/m1/s1. The molecule has 1 aromatic carbocycles. The number of aromatic nitrogens is 2. The lowest BCUT2D eigenvalue weighted by molar-refractivity contribution is -0.125. The molecule has 9 nitrogen and oxygen atoms in total. The molecular weight excluding hydrogens is 516 g/mol. The number of hydrogen-bond acceptors (Lipinski definition) is 5. The number of aliphatic imine (C=N–C) groups is 1. The van der Waals surface area contributed by atoms with Crippen molar-refractivity contribution in [3.05, 3.63) is 58.1 Å². The third kappa shape index (κ3) is 5.98. The van der Waals surface area contributed by atoms with Crippen LogP contribution in [0.3, 0.4) is 0 Å². The van der Waals surface area contributed by atoms with Crippen molar-refractivity contribution in [1.29, 1.82) is 0 Å². The highest BCUT2D eigenvalue weighted by Crippen LogP contribution is 2.33. The molecule has 1 aliphatic rings. The number of carbonyl (C=O) groups excluding carboxylic acids is 2. The SMILES string of the molecule is C=CC(=O)N1C[C@@H](C)[C@@H](NC(=O)c2c(C(F)F)nc(CN=C(N)c3cc(C(C)(C)C)c(Cl)cc3N)n2C)C1. The Bertz CT molecular complexity index is 1280. The molecule has 38 heavy (non-hydrogen) atoms. The number of benzene rings is 1. The quantitative estimate of drug-likeness (QED) is 0.210. The second-order valence-electron chi connectivity index (χ2n) is 10.5. The van der Waals surface area contributed by atoms with Gasteiger partial charge in [0, 0.05) is 36.4 Å². The average molecular weight is 550 g/mol. The van der Waals surface area contributed by atoms with E-state index in [1.165, 1.54) is 17.7 Å². The maximum absolute atomic E-state index is 13.9. The van der Waals surface area contributed by atoms with Gasteiger partial charge in [0.15, 0.2) is 0 Å². The minimum Gasteiger partial charge on any atom is -0.398 e. The molecule has 1 aliphatic heterocycles. The zero-order chi connectivity index (χ0) is 28.5. The van der Waals surface area contributed by atoms with Crippen LogP contribution in [0.5, 0.6) is 0 Å². The van der Waals surface area contributed by atoms with E-state index in [4.69, 9.17) is 23.1 Å². The number of amides is 2. The highest BCUT2D eigenvalue weighted by Gasteiger charge is 2.35. The Hall–Kier alpha value is -3.47. The van der Waals surface area contributed by atoms with Gasteiger partial charge in [-0.05, 0) is 35.1 Å². The number of nitrogens with zero attached hydrogens (tertiary/aromatic N) is 4. The molecule has 206 valence electrons. The van der Waals surface area contributed by atoms with E-state index < -0.39 is 24.1 Å². The monoisotopic (exact) mass is 549 g/mol. The lowest BCUT2D eigenvalue weighted by atomic mass is 9.85. The second-order valence-corrected chi connectivity index (χ2v) is 10.9. The Labute approximate surface area is 225 Å². The van der Waals surface area contributed by atoms with Crippen LogP contribution < -0.4 is 16.8 Å². The van der Waals surface area contributed by atoms with Gasteiger partial charge in [-0.25, -0.2) is 13.8 Å². The van der Waals surface area contributed by atoms with E-state index in [9.17, 15) is 18.4 Å². The van der Waals surface area contributed by atoms with Crippen molar-refractivity contribution in [2.24, 2.45) is 23.7 Å². The number of amidine groups is 1. The molecule has 2 heterocycles. The van der Waals surface area contributed by atoms with Crippen LogP contribution in [0.15, 0.2) is 29.8 Å². The van der Waals surface area contributed by atoms with Crippen molar-refractivity contribution in [1.82, 2.24) is 19.8 Å². The first-order valence-electron chi connectivity index (χ1n) is 12.1. The zero-order valence-corrected chi connectivity index (χ0v) is 22.9. The number of alkyl halides is 2. The maximum atomic E-state index is 13.9. The van der Waals surface area contributed by atoms with E-state index in [1.807, 2.05) is 27.7 Å². The van der Waals surface area contributed by atoms with Gasteiger partial charge in [-0.15, -0.1) is 0 Å². The molecule has 5 N–H and O–H groups in total. The highest BCUT2D eigenvalue weighted by molar-refractivity contribution is 6.32. The van der Waals surface area contributed by atoms with E-state index in [0.717, 1.165) is 5.56 Å². The first kappa shape index (κ1) is 29.1. The van der Waals surface area contributed by atoms with E-state index in [1.54, 1.807) is 17.0 Å². The molecule has 0 saturated carbocycles. The number of hydrogen-bond donors (Lipinski definition) is 3. The third-order valence-electron chi connectivity index (χ3n) is 6.67. The summed E-state index contributed by atoms with van der Waals surface area (Å²) >= 11 is 6.36. The average Bonchev–Trinajstić information content (AvgIpc) is 3.35. The fourth-order valence-corrected chi connectivity index (χ4v) is 4.91. The maximum Gasteiger partial charge on any atom is 0.282 e. The predicted octanol–water partition coefficient (Wildman–Crippen LogP) is 3.56.